The SMILES string of the molecule is C=CCN(CC=C)[SiH]C.[C-]1=CC=CC1.[C-]1=CC=CC1.[Cl-].[Cl-].[Zr+4]. The predicted molar refractivity (Wildman–Crippen MR) is 88.1 cm³/mol. The van der Waals surface area contributed by atoms with E-state index in [1.165, 1.54) is 0 Å². The minimum Gasteiger partial charge on any atom is -1.00 e. The molecule has 0 aromatic carbocycles. The van der Waals surface area contributed by atoms with Gasteiger partial charge in [-0.3, -0.25) is 12.2 Å². The van der Waals surface area contributed by atoms with Crippen LogP contribution in [0.15, 0.2) is 61.8 Å². The van der Waals surface area contributed by atoms with E-state index in [0.29, 0.717) is 9.68 Å². The third-order valence-electron chi connectivity index (χ3n) is 2.26. The second-order valence-electron chi connectivity index (χ2n) is 3.80. The fourth-order valence-corrected chi connectivity index (χ4v) is 2.02. The Morgan fingerprint density at radius 2 is 1.41 bits per heavy atom. The number of allylic oxidation sites excluding steroid dienone is 8. The summed E-state index contributed by atoms with van der Waals surface area (Å²) in [6, 6.07) is 0. The van der Waals surface area contributed by atoms with E-state index in [1.807, 2.05) is 36.5 Å². The van der Waals surface area contributed by atoms with Crippen LogP contribution in [-0.4, -0.2) is 27.3 Å². The van der Waals surface area contributed by atoms with Gasteiger partial charge >= 0.3 is 26.2 Å². The van der Waals surface area contributed by atoms with E-state index in [0.717, 1.165) is 25.9 Å². The van der Waals surface area contributed by atoms with Crippen molar-refractivity contribution in [2.24, 2.45) is 0 Å². The standard InChI is InChI=1S/C7H14NSi.2C5H5.2ClH.Zr/c1-4-6-8(9-3)7-5-2;2*1-2-4-5-3-1;;;/h4-5,9H,1-2,6-7H2,3H3;2*1-3H,4H2;2*1H;/q;2*-1;;;+4/p-2. The van der Waals surface area contributed by atoms with Crippen molar-refractivity contribution in [1.82, 2.24) is 4.57 Å². The molecule has 119 valence electrons. The molecule has 2 rings (SSSR count). The molecule has 2 aliphatic rings. The maximum absolute atomic E-state index is 3.67. The summed E-state index contributed by atoms with van der Waals surface area (Å²) in [7, 11) is 0.425. The third-order valence-corrected chi connectivity index (χ3v) is 3.42. The zero-order valence-corrected chi connectivity index (χ0v) is 18.3. The van der Waals surface area contributed by atoms with E-state index in [1.54, 1.807) is 0 Å². The summed E-state index contributed by atoms with van der Waals surface area (Å²) >= 11 is 0. The van der Waals surface area contributed by atoms with Gasteiger partial charge in [0.05, 0.1) is 0 Å². The molecule has 0 aliphatic heterocycles. The quantitative estimate of drug-likeness (QED) is 0.268. The average molecular weight is 433 g/mol. The molecule has 2 aliphatic carbocycles. The van der Waals surface area contributed by atoms with Gasteiger partial charge in [-0.2, -0.15) is 12.2 Å². The van der Waals surface area contributed by atoms with Gasteiger partial charge in [-0.05, 0) is 0 Å². The Hall–Kier alpha value is 0.0800. The van der Waals surface area contributed by atoms with E-state index >= 15 is 0 Å². The summed E-state index contributed by atoms with van der Waals surface area (Å²) in [5.41, 5.74) is 0. The number of rotatable bonds is 5. The molecule has 0 heterocycles. The van der Waals surface area contributed by atoms with Gasteiger partial charge in [0.15, 0.2) is 0 Å². The molecule has 0 fully saturated rings. The summed E-state index contributed by atoms with van der Waals surface area (Å²) in [5.74, 6) is 0. The second kappa shape index (κ2) is 26.0. The first-order valence-corrected chi connectivity index (χ1v) is 8.21. The normalized spacial score (nSPS) is 11.9. The minimum atomic E-state index is 0. The van der Waals surface area contributed by atoms with Crippen LogP contribution in [0.2, 0.25) is 6.55 Å². The van der Waals surface area contributed by atoms with Crippen LogP contribution in [0.5, 0.6) is 0 Å². The van der Waals surface area contributed by atoms with Crippen molar-refractivity contribution in [2.75, 3.05) is 13.1 Å². The Kier molecular flexibility index (Phi) is 35.5. The zero-order chi connectivity index (χ0) is 14.2. The molecule has 0 bridgehead atoms. The number of hydrogen-bond donors (Lipinski definition) is 0. The summed E-state index contributed by atoms with van der Waals surface area (Å²) in [5, 5.41) is 0. The van der Waals surface area contributed by atoms with Crippen molar-refractivity contribution in [3.8, 4) is 0 Å². The van der Waals surface area contributed by atoms with Crippen LogP contribution in [-0.2, 0) is 26.2 Å². The molecular formula is C17H24Cl2NSiZr. The molecule has 0 N–H and O–H groups in total. The summed E-state index contributed by atoms with van der Waals surface area (Å²) in [4.78, 5) is 0. The van der Waals surface area contributed by atoms with Crippen LogP contribution >= 0.6 is 0 Å². The maximum atomic E-state index is 3.67. The first kappa shape index (κ1) is 30.0. The Labute approximate surface area is 170 Å². The smallest absolute Gasteiger partial charge is 1.00 e. The van der Waals surface area contributed by atoms with Crippen LogP contribution in [0.3, 0.4) is 0 Å². The van der Waals surface area contributed by atoms with Crippen LogP contribution in [0.25, 0.3) is 0 Å². The van der Waals surface area contributed by atoms with E-state index in [-0.39, 0.29) is 51.0 Å². The number of hydrogen-bond acceptors (Lipinski definition) is 1. The van der Waals surface area contributed by atoms with E-state index < -0.39 is 0 Å². The average Bonchev–Trinajstić information content (AvgIpc) is 3.15. The van der Waals surface area contributed by atoms with Gasteiger partial charge < -0.3 is 29.4 Å². The van der Waals surface area contributed by atoms with Gasteiger partial charge in [-0.25, -0.2) is 24.3 Å². The molecule has 5 heteroatoms. The fraction of sp³-hybridized carbons (Fsp3) is 0.294. The molecule has 0 unspecified atom stereocenters. The molecule has 0 amide bonds. The molecule has 0 saturated carbocycles. The number of nitrogens with zero attached hydrogens (tertiary/aromatic N) is 1. The maximum Gasteiger partial charge on any atom is 4.00 e. The summed E-state index contributed by atoms with van der Waals surface area (Å²) < 4.78 is 2.33. The van der Waals surface area contributed by atoms with E-state index in [4.69, 9.17) is 0 Å². The van der Waals surface area contributed by atoms with Crippen molar-refractivity contribution in [2.45, 2.75) is 19.4 Å². The van der Waals surface area contributed by atoms with Gasteiger partial charge in [-0.15, -0.1) is 26.0 Å². The van der Waals surface area contributed by atoms with Crippen LogP contribution < -0.4 is 24.8 Å². The second-order valence-corrected chi connectivity index (χ2v) is 5.04. The molecule has 1 nitrogen and oxygen atoms in total. The monoisotopic (exact) mass is 430 g/mol. The number of halogens is 2. The van der Waals surface area contributed by atoms with Crippen LogP contribution in [0.1, 0.15) is 12.8 Å². The molecule has 0 spiro atoms. The van der Waals surface area contributed by atoms with Crippen LogP contribution in [0, 0.1) is 12.2 Å². The van der Waals surface area contributed by atoms with Crippen LogP contribution in [0.4, 0.5) is 0 Å². The largest absolute Gasteiger partial charge is 4.00 e. The molecule has 22 heavy (non-hydrogen) atoms. The van der Waals surface area contributed by atoms with Crippen molar-refractivity contribution >= 4 is 9.68 Å². The first-order valence-electron chi connectivity index (χ1n) is 6.54. The van der Waals surface area contributed by atoms with E-state index in [9.17, 15) is 0 Å². The Morgan fingerprint density at radius 3 is 1.55 bits per heavy atom. The Morgan fingerprint density at radius 1 is 1.00 bits per heavy atom. The third kappa shape index (κ3) is 22.4. The Bertz CT molecular complexity index is 301. The molecule has 0 atom stereocenters. The summed E-state index contributed by atoms with van der Waals surface area (Å²) in [6.07, 6.45) is 23.9. The van der Waals surface area contributed by atoms with Gasteiger partial charge in [0.1, 0.15) is 9.68 Å². The molecule has 1 radical (unpaired) electrons. The topological polar surface area (TPSA) is 3.24 Å². The van der Waals surface area contributed by atoms with Gasteiger partial charge in [0.25, 0.3) is 0 Å². The van der Waals surface area contributed by atoms with Crippen molar-refractivity contribution in [3.05, 3.63) is 73.9 Å². The van der Waals surface area contributed by atoms with Gasteiger partial charge in [0.2, 0.25) is 0 Å². The zero-order valence-electron chi connectivity index (χ0n) is 13.1. The van der Waals surface area contributed by atoms with Crippen molar-refractivity contribution in [1.29, 1.82) is 0 Å². The van der Waals surface area contributed by atoms with Crippen molar-refractivity contribution in [3.63, 3.8) is 0 Å². The summed E-state index contributed by atoms with van der Waals surface area (Å²) in [6.45, 7) is 11.5. The molecular weight excluding hydrogens is 408 g/mol. The molecule has 0 saturated heterocycles. The van der Waals surface area contributed by atoms with Gasteiger partial charge in [-0.1, -0.05) is 18.7 Å². The Balaban J connectivity index is -0.000000108. The fourth-order valence-electron chi connectivity index (χ4n) is 1.30. The van der Waals surface area contributed by atoms with Crippen molar-refractivity contribution < 1.29 is 51.0 Å². The predicted octanol–water partition coefficient (Wildman–Crippen LogP) is -2.32. The minimum absolute atomic E-state index is 0. The molecule has 0 aromatic heterocycles. The van der Waals surface area contributed by atoms with E-state index in [2.05, 4.69) is 48.6 Å². The first-order chi connectivity index (χ1) is 9.35. The van der Waals surface area contributed by atoms with Gasteiger partial charge in [0, 0.05) is 13.1 Å². The molecule has 0 aromatic rings.